The number of carbonyl (C=O) groups excluding carboxylic acids is 3. The van der Waals surface area contributed by atoms with Crippen molar-refractivity contribution in [1.82, 2.24) is 15.1 Å². The third-order valence-corrected chi connectivity index (χ3v) is 6.06. The van der Waals surface area contributed by atoms with Gasteiger partial charge in [0.1, 0.15) is 11.4 Å². The van der Waals surface area contributed by atoms with Crippen LogP contribution in [0.3, 0.4) is 0 Å². The van der Waals surface area contributed by atoms with E-state index in [2.05, 4.69) is 5.32 Å². The van der Waals surface area contributed by atoms with Crippen LogP contribution in [0.2, 0.25) is 0 Å². The third-order valence-electron chi connectivity index (χ3n) is 4.76. The number of thioether (sulfide) groups is 1. The summed E-state index contributed by atoms with van der Waals surface area (Å²) in [6.45, 7) is 4.61. The third kappa shape index (κ3) is 2.85. The second-order valence-electron chi connectivity index (χ2n) is 6.46. The van der Waals surface area contributed by atoms with Gasteiger partial charge in [-0.25, -0.2) is 0 Å². The second kappa shape index (κ2) is 6.63. The number of amides is 3. The van der Waals surface area contributed by atoms with Gasteiger partial charge in [0, 0.05) is 37.0 Å². The standard InChI is InChI=1S/C17H23N3O3S/c1-4-5-13(21)18-14-16(23)20-10(2)12(9-24-17(14)20)8-11-6-7-19(3)15(11)22/h8,14,17H,4-7,9H2,1-3H3,(H,18,21)/b11-8+/t14-,17-/m1/s1. The zero-order valence-electron chi connectivity index (χ0n) is 14.3. The van der Waals surface area contributed by atoms with E-state index >= 15 is 0 Å². The quantitative estimate of drug-likeness (QED) is 0.613. The lowest BCUT2D eigenvalue weighted by atomic mass is 10.0. The van der Waals surface area contributed by atoms with Crippen molar-refractivity contribution in [1.29, 1.82) is 0 Å². The molecule has 0 aromatic carbocycles. The average Bonchev–Trinajstić information content (AvgIpc) is 2.86. The summed E-state index contributed by atoms with van der Waals surface area (Å²) in [4.78, 5) is 39.7. The number of likely N-dealkylation sites (N-methyl/N-ethyl adjacent to an activating group) is 1. The van der Waals surface area contributed by atoms with E-state index in [9.17, 15) is 14.4 Å². The second-order valence-corrected chi connectivity index (χ2v) is 7.57. The first kappa shape index (κ1) is 17.1. The molecule has 3 amide bonds. The summed E-state index contributed by atoms with van der Waals surface area (Å²) in [5.74, 6) is 0.702. The van der Waals surface area contributed by atoms with Gasteiger partial charge in [0.05, 0.1) is 0 Å². The Labute approximate surface area is 146 Å². The molecule has 0 unspecified atom stereocenters. The smallest absolute Gasteiger partial charge is 0.253 e. The van der Waals surface area contributed by atoms with Crippen LogP contribution in [0.1, 0.15) is 33.1 Å². The Morgan fingerprint density at radius 2 is 2.17 bits per heavy atom. The van der Waals surface area contributed by atoms with Crippen molar-refractivity contribution in [2.24, 2.45) is 0 Å². The van der Waals surface area contributed by atoms with Crippen molar-refractivity contribution in [2.45, 2.75) is 44.5 Å². The van der Waals surface area contributed by atoms with Gasteiger partial charge in [-0.2, -0.15) is 0 Å². The molecule has 0 bridgehead atoms. The topological polar surface area (TPSA) is 69.7 Å². The van der Waals surface area contributed by atoms with Crippen LogP contribution in [0.15, 0.2) is 22.9 Å². The highest BCUT2D eigenvalue weighted by Crippen LogP contribution is 2.40. The Kier molecular flexibility index (Phi) is 4.71. The van der Waals surface area contributed by atoms with Gasteiger partial charge in [-0.15, -0.1) is 11.8 Å². The summed E-state index contributed by atoms with van der Waals surface area (Å²) < 4.78 is 0. The number of β-lactam (4-membered cyclic amide) rings is 1. The van der Waals surface area contributed by atoms with Crippen molar-refractivity contribution in [3.05, 3.63) is 22.9 Å². The maximum absolute atomic E-state index is 12.4. The molecule has 0 aromatic heterocycles. The minimum atomic E-state index is -0.419. The van der Waals surface area contributed by atoms with Crippen LogP contribution in [-0.2, 0) is 14.4 Å². The normalized spacial score (nSPS) is 28.4. The van der Waals surface area contributed by atoms with Crippen LogP contribution >= 0.6 is 11.8 Å². The van der Waals surface area contributed by atoms with E-state index in [0.717, 1.165) is 42.0 Å². The van der Waals surface area contributed by atoms with Crippen LogP contribution < -0.4 is 5.32 Å². The first-order valence-corrected chi connectivity index (χ1v) is 9.38. The Morgan fingerprint density at radius 3 is 2.79 bits per heavy atom. The average molecular weight is 349 g/mol. The number of rotatable bonds is 4. The number of hydrogen-bond acceptors (Lipinski definition) is 4. The molecule has 3 aliphatic rings. The molecule has 130 valence electrons. The van der Waals surface area contributed by atoms with Crippen LogP contribution in [0.25, 0.3) is 0 Å². The lowest BCUT2D eigenvalue weighted by Crippen LogP contribution is -2.69. The maximum atomic E-state index is 12.4. The molecule has 0 spiro atoms. The molecule has 3 aliphatic heterocycles. The highest BCUT2D eigenvalue weighted by molar-refractivity contribution is 8.00. The molecule has 3 heterocycles. The summed E-state index contributed by atoms with van der Waals surface area (Å²) in [7, 11) is 1.80. The zero-order valence-corrected chi connectivity index (χ0v) is 15.1. The summed E-state index contributed by atoms with van der Waals surface area (Å²) in [6, 6.07) is -0.419. The molecule has 0 aromatic rings. The van der Waals surface area contributed by atoms with Gasteiger partial charge in [-0.3, -0.25) is 19.3 Å². The van der Waals surface area contributed by atoms with Crippen LogP contribution in [0.4, 0.5) is 0 Å². The fourth-order valence-corrected chi connectivity index (χ4v) is 4.69. The Morgan fingerprint density at radius 1 is 1.42 bits per heavy atom. The monoisotopic (exact) mass is 349 g/mol. The van der Waals surface area contributed by atoms with Gasteiger partial charge >= 0.3 is 0 Å². The summed E-state index contributed by atoms with van der Waals surface area (Å²) >= 11 is 1.65. The Hall–Kier alpha value is -1.76. The molecule has 0 aliphatic carbocycles. The molecule has 3 rings (SSSR count). The van der Waals surface area contributed by atoms with E-state index in [1.54, 1.807) is 28.6 Å². The van der Waals surface area contributed by atoms with Crippen LogP contribution in [-0.4, -0.2) is 58.3 Å². The SMILES string of the molecule is CCCC(=O)N[C@@H]1C(=O)N2C(C)=C(/C=C3\CCN(C)C3=O)CS[C@H]12. The molecule has 2 atom stereocenters. The molecule has 7 heteroatoms. The van der Waals surface area contributed by atoms with Crippen molar-refractivity contribution in [3.63, 3.8) is 0 Å². The first-order valence-electron chi connectivity index (χ1n) is 8.34. The molecular weight excluding hydrogens is 326 g/mol. The van der Waals surface area contributed by atoms with E-state index < -0.39 is 6.04 Å². The number of nitrogens with one attached hydrogen (secondary N) is 1. The van der Waals surface area contributed by atoms with Crippen LogP contribution in [0, 0.1) is 0 Å². The highest BCUT2D eigenvalue weighted by Gasteiger charge is 2.51. The number of carbonyl (C=O) groups is 3. The Bertz CT molecular complexity index is 655. The molecule has 6 nitrogen and oxygen atoms in total. The number of fused-ring (bicyclic) bond motifs is 1. The number of hydrogen-bond donors (Lipinski definition) is 1. The minimum absolute atomic E-state index is 0.0255. The molecule has 1 N–H and O–H groups in total. The summed E-state index contributed by atoms with van der Waals surface area (Å²) in [6.07, 6.45) is 3.92. The van der Waals surface area contributed by atoms with Crippen molar-refractivity contribution in [2.75, 3.05) is 19.3 Å². The van der Waals surface area contributed by atoms with E-state index in [0.29, 0.717) is 6.42 Å². The van der Waals surface area contributed by atoms with E-state index in [1.807, 2.05) is 19.9 Å². The van der Waals surface area contributed by atoms with E-state index in [4.69, 9.17) is 0 Å². The van der Waals surface area contributed by atoms with Gasteiger partial charge in [0.25, 0.3) is 5.91 Å². The van der Waals surface area contributed by atoms with Gasteiger partial charge in [-0.05, 0) is 31.4 Å². The lowest BCUT2D eigenvalue weighted by Gasteiger charge is -2.50. The first-order chi connectivity index (χ1) is 11.4. The summed E-state index contributed by atoms with van der Waals surface area (Å²) in [5, 5.41) is 2.81. The molecule has 24 heavy (non-hydrogen) atoms. The molecule has 0 radical (unpaired) electrons. The van der Waals surface area contributed by atoms with Crippen molar-refractivity contribution in [3.8, 4) is 0 Å². The van der Waals surface area contributed by atoms with E-state index in [1.165, 1.54) is 0 Å². The van der Waals surface area contributed by atoms with Crippen molar-refractivity contribution < 1.29 is 14.4 Å². The Balaban J connectivity index is 1.73. The molecule has 0 saturated carbocycles. The predicted molar refractivity (Wildman–Crippen MR) is 93.0 cm³/mol. The zero-order chi connectivity index (χ0) is 17.4. The fourth-order valence-electron chi connectivity index (χ4n) is 3.26. The van der Waals surface area contributed by atoms with Crippen molar-refractivity contribution >= 4 is 29.5 Å². The lowest BCUT2D eigenvalue weighted by molar-refractivity contribution is -0.145. The predicted octanol–water partition coefficient (Wildman–Crippen LogP) is 1.25. The van der Waals surface area contributed by atoms with E-state index in [-0.39, 0.29) is 23.1 Å². The number of nitrogens with zero attached hydrogens (tertiary/aromatic N) is 2. The minimum Gasteiger partial charge on any atom is -0.342 e. The van der Waals surface area contributed by atoms with Crippen LogP contribution in [0.5, 0.6) is 0 Å². The maximum Gasteiger partial charge on any atom is 0.253 e. The fraction of sp³-hybridized carbons (Fsp3) is 0.588. The van der Waals surface area contributed by atoms with Gasteiger partial charge in [0.15, 0.2) is 0 Å². The molecule has 2 saturated heterocycles. The molecular formula is C17H23N3O3S. The molecule has 2 fully saturated rings. The number of allylic oxidation sites excluding steroid dienone is 2. The van der Waals surface area contributed by atoms with Gasteiger partial charge < -0.3 is 10.2 Å². The largest absolute Gasteiger partial charge is 0.342 e. The van der Waals surface area contributed by atoms with Gasteiger partial charge in [-0.1, -0.05) is 6.92 Å². The summed E-state index contributed by atoms with van der Waals surface area (Å²) in [5.41, 5.74) is 2.74. The highest BCUT2D eigenvalue weighted by atomic mass is 32.2. The number of likely N-dealkylation sites (tertiary alicyclic amines) is 1. The van der Waals surface area contributed by atoms with Gasteiger partial charge in [0.2, 0.25) is 11.8 Å².